The Hall–Kier alpha value is -3.00. The van der Waals surface area contributed by atoms with E-state index in [1.165, 1.54) is 4.90 Å². The molecule has 0 aliphatic rings. The highest BCUT2D eigenvalue weighted by Crippen LogP contribution is 2.28. The van der Waals surface area contributed by atoms with Gasteiger partial charge in [0.25, 0.3) is 5.91 Å². The number of alkyl carbamates (subject to hydrolysis) is 1. The van der Waals surface area contributed by atoms with Crippen LogP contribution >= 0.6 is 11.8 Å². The van der Waals surface area contributed by atoms with E-state index in [9.17, 15) is 14.4 Å². The first-order valence-corrected chi connectivity index (χ1v) is 13.8. The molecule has 2 aromatic rings. The van der Waals surface area contributed by atoms with E-state index < -0.39 is 23.8 Å². The summed E-state index contributed by atoms with van der Waals surface area (Å²) in [5.74, 6) is -0.0225. The third kappa shape index (κ3) is 8.52. The number of thioether (sulfide) groups is 1. The summed E-state index contributed by atoms with van der Waals surface area (Å²) in [7, 11) is 1.61. The lowest BCUT2D eigenvalue weighted by atomic mass is 9.96. The van der Waals surface area contributed by atoms with Crippen molar-refractivity contribution in [2.75, 3.05) is 24.4 Å². The average Bonchev–Trinajstić information content (AvgIpc) is 2.79. The molecule has 2 rings (SSSR count). The second-order valence-electron chi connectivity index (χ2n) is 10.4. The second kappa shape index (κ2) is 13.0. The summed E-state index contributed by atoms with van der Waals surface area (Å²) in [6.45, 7) is 13.1. The fraction of sp³-hybridized carbons (Fsp3) is 0.483. The zero-order chi connectivity index (χ0) is 27.9. The summed E-state index contributed by atoms with van der Waals surface area (Å²) in [6.07, 6.45) is 1.68. The molecule has 7 nitrogen and oxygen atoms in total. The highest BCUT2D eigenvalue weighted by Gasteiger charge is 2.35. The molecule has 3 amide bonds. The van der Waals surface area contributed by atoms with Crippen LogP contribution in [0.4, 0.5) is 10.5 Å². The SMILES string of the molecule is CSCCC(NC(=O)OC(C)(C)C)C(=O)N(C)C(C(=O)Nc1c(C)cccc1C)c1ccc(C)cc1C. The molecule has 0 spiro atoms. The molecule has 0 aromatic heterocycles. The van der Waals surface area contributed by atoms with Crippen molar-refractivity contribution in [3.63, 3.8) is 0 Å². The van der Waals surface area contributed by atoms with Crippen molar-refractivity contribution in [2.24, 2.45) is 0 Å². The van der Waals surface area contributed by atoms with E-state index in [1.54, 1.807) is 39.6 Å². The third-order valence-electron chi connectivity index (χ3n) is 6.03. The molecule has 2 atom stereocenters. The molecule has 0 saturated carbocycles. The number of benzene rings is 2. The minimum absolute atomic E-state index is 0.318. The number of nitrogens with one attached hydrogen (secondary N) is 2. The van der Waals surface area contributed by atoms with Gasteiger partial charge in [-0.15, -0.1) is 0 Å². The summed E-state index contributed by atoms with van der Waals surface area (Å²) < 4.78 is 5.40. The van der Waals surface area contributed by atoms with Crippen LogP contribution in [-0.2, 0) is 14.3 Å². The smallest absolute Gasteiger partial charge is 0.408 e. The lowest BCUT2D eigenvalue weighted by Crippen LogP contribution is -2.51. The molecule has 0 heterocycles. The number of amides is 3. The molecule has 2 aromatic carbocycles. The van der Waals surface area contributed by atoms with E-state index in [4.69, 9.17) is 4.74 Å². The Morgan fingerprint density at radius 3 is 2.16 bits per heavy atom. The number of likely N-dealkylation sites (N-methyl/N-ethyl adjacent to an activating group) is 1. The van der Waals surface area contributed by atoms with Crippen LogP contribution in [0.5, 0.6) is 0 Å². The number of ether oxygens (including phenoxy) is 1. The topological polar surface area (TPSA) is 87.7 Å². The molecule has 37 heavy (non-hydrogen) atoms. The standard InChI is InChI=1S/C29H41N3O4S/c1-18-13-14-22(21(4)17-18)25(26(33)31-24-19(2)11-10-12-20(24)3)32(8)27(34)23(15-16-37-9)30-28(35)36-29(5,6)7/h10-14,17,23,25H,15-16H2,1-9H3,(H,30,35)(H,31,33). The first kappa shape index (κ1) is 30.2. The first-order chi connectivity index (χ1) is 17.2. The van der Waals surface area contributed by atoms with Crippen LogP contribution in [0, 0.1) is 27.7 Å². The Labute approximate surface area is 225 Å². The van der Waals surface area contributed by atoms with Crippen LogP contribution in [0.1, 0.15) is 61.1 Å². The number of carbonyl (C=O) groups excluding carboxylic acids is 3. The molecule has 0 radical (unpaired) electrons. The van der Waals surface area contributed by atoms with Crippen molar-refractivity contribution in [1.82, 2.24) is 10.2 Å². The van der Waals surface area contributed by atoms with Crippen molar-refractivity contribution in [3.8, 4) is 0 Å². The van der Waals surface area contributed by atoms with Gasteiger partial charge in [0.15, 0.2) is 0 Å². The molecule has 0 bridgehead atoms. The third-order valence-corrected chi connectivity index (χ3v) is 6.68. The number of nitrogens with zero attached hydrogens (tertiary/aromatic N) is 1. The van der Waals surface area contributed by atoms with Crippen molar-refractivity contribution in [1.29, 1.82) is 0 Å². The summed E-state index contributed by atoms with van der Waals surface area (Å²) >= 11 is 1.58. The van der Waals surface area contributed by atoms with Crippen LogP contribution in [0.2, 0.25) is 0 Å². The summed E-state index contributed by atoms with van der Waals surface area (Å²) in [5, 5.41) is 5.79. The molecule has 0 aliphatic carbocycles. The monoisotopic (exact) mass is 527 g/mol. The Morgan fingerprint density at radius 1 is 1.00 bits per heavy atom. The fourth-order valence-corrected chi connectivity index (χ4v) is 4.65. The molecular formula is C29H41N3O4S. The highest BCUT2D eigenvalue weighted by atomic mass is 32.2. The first-order valence-electron chi connectivity index (χ1n) is 12.4. The fourth-order valence-electron chi connectivity index (χ4n) is 4.18. The van der Waals surface area contributed by atoms with E-state index >= 15 is 0 Å². The van der Waals surface area contributed by atoms with Crippen LogP contribution in [0.15, 0.2) is 36.4 Å². The van der Waals surface area contributed by atoms with Crippen LogP contribution in [-0.4, -0.2) is 53.5 Å². The molecule has 8 heteroatoms. The van der Waals surface area contributed by atoms with Crippen molar-refractivity contribution in [3.05, 3.63) is 64.2 Å². The highest BCUT2D eigenvalue weighted by molar-refractivity contribution is 7.98. The minimum Gasteiger partial charge on any atom is -0.444 e. The lowest BCUT2D eigenvalue weighted by Gasteiger charge is -2.32. The summed E-state index contributed by atoms with van der Waals surface area (Å²) in [4.78, 5) is 41.6. The van der Waals surface area contributed by atoms with Gasteiger partial charge in [-0.25, -0.2) is 4.79 Å². The predicted molar refractivity (Wildman–Crippen MR) is 152 cm³/mol. The van der Waals surface area contributed by atoms with Gasteiger partial charge in [-0.3, -0.25) is 9.59 Å². The maximum atomic E-state index is 13.8. The normalized spacial score (nSPS) is 12.9. The van der Waals surface area contributed by atoms with E-state index in [1.807, 2.05) is 70.3 Å². The maximum absolute atomic E-state index is 13.8. The molecule has 0 fully saturated rings. The van der Waals surface area contributed by atoms with E-state index in [-0.39, 0.29) is 11.8 Å². The van der Waals surface area contributed by atoms with Crippen LogP contribution in [0.3, 0.4) is 0 Å². The number of para-hydroxylation sites is 1. The molecule has 0 aliphatic heterocycles. The number of rotatable bonds is 9. The summed E-state index contributed by atoms with van der Waals surface area (Å²) in [6, 6.07) is 9.90. The minimum atomic E-state index is -0.899. The van der Waals surface area contributed by atoms with Gasteiger partial charge in [-0.1, -0.05) is 42.0 Å². The number of hydrogen-bond donors (Lipinski definition) is 2. The zero-order valence-corrected chi connectivity index (χ0v) is 24.3. The number of anilines is 1. The molecule has 0 saturated heterocycles. The molecule has 202 valence electrons. The molecule has 2 N–H and O–H groups in total. The van der Waals surface area contributed by atoms with Gasteiger partial charge in [-0.2, -0.15) is 11.8 Å². The predicted octanol–water partition coefficient (Wildman–Crippen LogP) is 5.70. The Balaban J connectivity index is 2.46. The largest absolute Gasteiger partial charge is 0.444 e. The second-order valence-corrected chi connectivity index (χ2v) is 11.4. The van der Waals surface area contributed by atoms with Gasteiger partial charge < -0.3 is 20.3 Å². The van der Waals surface area contributed by atoms with Crippen molar-refractivity contribution >= 4 is 35.4 Å². The van der Waals surface area contributed by atoms with Crippen LogP contribution < -0.4 is 10.6 Å². The van der Waals surface area contributed by atoms with E-state index in [0.717, 1.165) is 33.5 Å². The lowest BCUT2D eigenvalue weighted by molar-refractivity contribution is -0.139. The summed E-state index contributed by atoms with van der Waals surface area (Å²) in [5.41, 5.74) is 4.60. The van der Waals surface area contributed by atoms with E-state index in [0.29, 0.717) is 12.2 Å². The number of carbonyl (C=O) groups is 3. The number of aryl methyl sites for hydroxylation is 4. The Morgan fingerprint density at radius 2 is 1.62 bits per heavy atom. The quantitative estimate of drug-likeness (QED) is 0.436. The Kier molecular flexibility index (Phi) is 10.6. The molecular weight excluding hydrogens is 486 g/mol. The van der Waals surface area contributed by atoms with Crippen molar-refractivity contribution in [2.45, 2.75) is 72.6 Å². The molecule has 2 unspecified atom stereocenters. The Bertz CT molecular complexity index is 1110. The maximum Gasteiger partial charge on any atom is 0.408 e. The van der Waals surface area contributed by atoms with Gasteiger partial charge in [0.05, 0.1) is 0 Å². The van der Waals surface area contributed by atoms with Gasteiger partial charge in [0.2, 0.25) is 5.91 Å². The number of hydrogen-bond acceptors (Lipinski definition) is 5. The van der Waals surface area contributed by atoms with Gasteiger partial charge >= 0.3 is 6.09 Å². The van der Waals surface area contributed by atoms with Gasteiger partial charge in [-0.05, 0) is 89.1 Å². The van der Waals surface area contributed by atoms with E-state index in [2.05, 4.69) is 10.6 Å². The van der Waals surface area contributed by atoms with Crippen LogP contribution in [0.25, 0.3) is 0 Å². The van der Waals surface area contributed by atoms with Gasteiger partial charge in [0, 0.05) is 12.7 Å². The zero-order valence-electron chi connectivity index (χ0n) is 23.5. The average molecular weight is 528 g/mol. The van der Waals surface area contributed by atoms with Gasteiger partial charge in [0.1, 0.15) is 17.7 Å². The van der Waals surface area contributed by atoms with Crippen molar-refractivity contribution < 1.29 is 19.1 Å².